The fraction of sp³-hybridized carbons (Fsp3) is 0.143. The number of hydrogen-bond acceptors (Lipinski definition) is 2. The molecule has 7 heteroatoms. The van der Waals surface area contributed by atoms with E-state index in [1.54, 1.807) is 0 Å². The van der Waals surface area contributed by atoms with Crippen LogP contribution < -0.4 is 5.56 Å². The summed E-state index contributed by atoms with van der Waals surface area (Å²) in [5.41, 5.74) is -2.34. The summed E-state index contributed by atoms with van der Waals surface area (Å²) >= 11 is 7.81. The number of carbonyl (C=O) groups excluding carboxylic acids is 1. The average Bonchev–Trinajstić information content (AvgIpc) is 2.07. The fourth-order valence-corrected chi connectivity index (χ4v) is 1.60. The largest absolute Gasteiger partial charge is 0.327 e. The Bertz CT molecular complexity index is 432. The summed E-state index contributed by atoms with van der Waals surface area (Å²) in [6.07, 6.45) is -1.91. The van der Waals surface area contributed by atoms with Crippen molar-refractivity contribution in [3.63, 3.8) is 0 Å². The van der Waals surface area contributed by atoms with Crippen LogP contribution in [0.5, 0.6) is 0 Å². The van der Waals surface area contributed by atoms with E-state index in [1.165, 1.54) is 0 Å². The van der Waals surface area contributed by atoms with E-state index < -0.39 is 28.4 Å². The van der Waals surface area contributed by atoms with Crippen LogP contribution in [0.2, 0.25) is 0 Å². The minimum Gasteiger partial charge on any atom is -0.327 e. The maximum atomic E-state index is 12.4. The highest BCUT2D eigenvalue weighted by Gasteiger charge is 2.23. The van der Waals surface area contributed by atoms with Gasteiger partial charge < -0.3 is 4.98 Å². The van der Waals surface area contributed by atoms with Crippen molar-refractivity contribution in [2.45, 2.75) is 6.43 Å². The molecular weight excluding hydrogens is 283 g/mol. The molecular formula is C7H3BrClF2NO2. The molecule has 76 valence electrons. The van der Waals surface area contributed by atoms with Gasteiger partial charge in [-0.2, -0.15) is 0 Å². The van der Waals surface area contributed by atoms with Crippen molar-refractivity contribution >= 4 is 32.8 Å². The van der Waals surface area contributed by atoms with Crippen LogP contribution in [0.3, 0.4) is 0 Å². The highest BCUT2D eigenvalue weighted by atomic mass is 79.9. The van der Waals surface area contributed by atoms with Gasteiger partial charge in [0.2, 0.25) is 0 Å². The minimum atomic E-state index is -2.94. The molecule has 0 spiro atoms. The van der Waals surface area contributed by atoms with Gasteiger partial charge >= 0.3 is 0 Å². The number of pyridine rings is 1. The fourth-order valence-electron chi connectivity index (χ4n) is 0.929. The number of H-pyrrole nitrogens is 1. The molecule has 1 aromatic rings. The second-order valence-electron chi connectivity index (χ2n) is 2.33. The van der Waals surface area contributed by atoms with E-state index in [0.717, 1.165) is 6.20 Å². The summed E-state index contributed by atoms with van der Waals surface area (Å²) < 4.78 is 24.8. The normalized spacial score (nSPS) is 10.6. The maximum absolute atomic E-state index is 12.4. The van der Waals surface area contributed by atoms with Gasteiger partial charge in [-0.05, 0) is 27.5 Å². The highest BCUT2D eigenvalue weighted by Crippen LogP contribution is 2.28. The Morgan fingerprint density at radius 2 is 2.14 bits per heavy atom. The van der Waals surface area contributed by atoms with Crippen molar-refractivity contribution in [1.82, 2.24) is 4.98 Å². The third-order valence-electron chi connectivity index (χ3n) is 1.50. The average molecular weight is 286 g/mol. The Balaban J connectivity index is 3.58. The monoisotopic (exact) mass is 285 g/mol. The maximum Gasteiger partial charge on any atom is 0.265 e. The number of carbonyl (C=O) groups is 1. The number of alkyl halides is 2. The number of nitrogens with one attached hydrogen (secondary N) is 1. The van der Waals surface area contributed by atoms with Crippen LogP contribution in [0.1, 0.15) is 22.3 Å². The van der Waals surface area contributed by atoms with E-state index in [1.807, 2.05) is 0 Å². The number of aromatic amines is 1. The van der Waals surface area contributed by atoms with E-state index in [2.05, 4.69) is 20.9 Å². The zero-order chi connectivity index (χ0) is 10.9. The molecule has 0 saturated carbocycles. The van der Waals surface area contributed by atoms with Gasteiger partial charge in [0, 0.05) is 10.7 Å². The Morgan fingerprint density at radius 1 is 1.57 bits per heavy atom. The molecule has 0 aliphatic rings. The molecule has 0 atom stereocenters. The quantitative estimate of drug-likeness (QED) is 0.849. The van der Waals surface area contributed by atoms with Gasteiger partial charge in [-0.1, -0.05) is 0 Å². The van der Waals surface area contributed by atoms with Crippen LogP contribution in [-0.4, -0.2) is 10.2 Å². The number of aromatic nitrogens is 1. The van der Waals surface area contributed by atoms with E-state index in [0.29, 0.717) is 0 Å². The molecule has 0 radical (unpaired) electrons. The van der Waals surface area contributed by atoms with Gasteiger partial charge in [0.05, 0.1) is 5.56 Å². The SMILES string of the molecule is O=C(Cl)c1c(C(F)F)c(Br)c[nH]c1=O. The second-order valence-corrected chi connectivity index (χ2v) is 3.53. The lowest BCUT2D eigenvalue weighted by Gasteiger charge is -2.05. The third-order valence-corrected chi connectivity index (χ3v) is 2.34. The van der Waals surface area contributed by atoms with Gasteiger partial charge in [0.1, 0.15) is 5.56 Å². The van der Waals surface area contributed by atoms with Crippen LogP contribution in [0.4, 0.5) is 8.78 Å². The van der Waals surface area contributed by atoms with Crippen LogP contribution in [0.15, 0.2) is 15.5 Å². The van der Waals surface area contributed by atoms with Crippen molar-refractivity contribution in [3.05, 3.63) is 32.2 Å². The molecule has 0 aliphatic heterocycles. The molecule has 1 heterocycles. The first-order valence-electron chi connectivity index (χ1n) is 3.34. The summed E-state index contributed by atoms with van der Waals surface area (Å²) in [6, 6.07) is 0. The molecule has 1 aromatic heterocycles. The molecule has 3 nitrogen and oxygen atoms in total. The molecule has 0 aliphatic carbocycles. The lowest BCUT2D eigenvalue weighted by Crippen LogP contribution is -2.18. The summed E-state index contributed by atoms with van der Waals surface area (Å²) in [7, 11) is 0. The highest BCUT2D eigenvalue weighted by molar-refractivity contribution is 9.10. The summed E-state index contributed by atoms with van der Waals surface area (Å²) in [5.74, 6) is 0. The van der Waals surface area contributed by atoms with Gasteiger partial charge in [0.25, 0.3) is 17.2 Å². The van der Waals surface area contributed by atoms with Gasteiger partial charge in [-0.15, -0.1) is 0 Å². The predicted octanol–water partition coefficient (Wildman–Crippen LogP) is 2.45. The zero-order valence-electron chi connectivity index (χ0n) is 6.48. The van der Waals surface area contributed by atoms with Crippen LogP contribution in [0.25, 0.3) is 0 Å². The van der Waals surface area contributed by atoms with E-state index in [4.69, 9.17) is 11.6 Å². The molecule has 0 bridgehead atoms. The van der Waals surface area contributed by atoms with Crippen molar-refractivity contribution in [3.8, 4) is 0 Å². The summed E-state index contributed by atoms with van der Waals surface area (Å²) in [4.78, 5) is 23.9. The molecule has 0 unspecified atom stereocenters. The van der Waals surface area contributed by atoms with Gasteiger partial charge in [-0.25, -0.2) is 8.78 Å². The first kappa shape index (κ1) is 11.3. The van der Waals surface area contributed by atoms with Crippen LogP contribution in [-0.2, 0) is 0 Å². The van der Waals surface area contributed by atoms with Crippen LogP contribution in [0, 0.1) is 0 Å². The molecule has 0 aromatic carbocycles. The first-order valence-corrected chi connectivity index (χ1v) is 4.51. The van der Waals surface area contributed by atoms with Crippen molar-refractivity contribution in [2.24, 2.45) is 0 Å². The molecule has 0 saturated heterocycles. The third kappa shape index (κ3) is 2.01. The Kier molecular flexibility index (Phi) is 3.38. The number of hydrogen-bond donors (Lipinski definition) is 1. The molecule has 0 amide bonds. The smallest absolute Gasteiger partial charge is 0.265 e. The summed E-state index contributed by atoms with van der Waals surface area (Å²) in [5, 5.41) is -1.21. The van der Waals surface area contributed by atoms with Crippen molar-refractivity contribution in [1.29, 1.82) is 0 Å². The van der Waals surface area contributed by atoms with E-state index in [9.17, 15) is 18.4 Å². The van der Waals surface area contributed by atoms with Gasteiger partial charge in [0.15, 0.2) is 0 Å². The van der Waals surface area contributed by atoms with Crippen molar-refractivity contribution in [2.75, 3.05) is 0 Å². The van der Waals surface area contributed by atoms with Crippen molar-refractivity contribution < 1.29 is 13.6 Å². The van der Waals surface area contributed by atoms with E-state index in [-0.39, 0.29) is 4.47 Å². The molecule has 1 rings (SSSR count). The Labute approximate surface area is 90.2 Å². The Hall–Kier alpha value is -0.750. The van der Waals surface area contributed by atoms with Crippen LogP contribution >= 0.6 is 27.5 Å². The molecule has 0 fully saturated rings. The summed E-state index contributed by atoms with van der Waals surface area (Å²) in [6.45, 7) is 0. The lowest BCUT2D eigenvalue weighted by molar-refractivity contribution is 0.106. The molecule has 1 N–H and O–H groups in total. The molecule has 14 heavy (non-hydrogen) atoms. The first-order chi connectivity index (χ1) is 6.45. The second kappa shape index (κ2) is 4.18. The topological polar surface area (TPSA) is 49.9 Å². The van der Waals surface area contributed by atoms with E-state index >= 15 is 0 Å². The minimum absolute atomic E-state index is 0.0592. The predicted molar refractivity (Wildman–Crippen MR) is 49.9 cm³/mol. The van der Waals surface area contributed by atoms with Gasteiger partial charge in [-0.3, -0.25) is 9.59 Å². The Morgan fingerprint density at radius 3 is 2.50 bits per heavy atom. The standard InChI is InChI=1S/C7H3BrClF2NO2/c8-2-1-12-7(14)4(5(9)13)3(2)6(10)11/h1,6H,(H,12,14). The number of halogens is 4. The number of rotatable bonds is 2. The lowest BCUT2D eigenvalue weighted by atomic mass is 10.1. The zero-order valence-corrected chi connectivity index (χ0v) is 8.82.